The highest BCUT2D eigenvalue weighted by Gasteiger charge is 2.27. The average molecular weight is 1030 g/mol. The van der Waals surface area contributed by atoms with Crippen LogP contribution < -0.4 is 30.7 Å². The fourth-order valence-electron chi connectivity index (χ4n) is 6.34. The lowest BCUT2D eigenvalue weighted by Crippen LogP contribution is -2.32. The summed E-state index contributed by atoms with van der Waals surface area (Å²) in [5.41, 5.74) is 2.72. The molecule has 21 heteroatoms. The summed E-state index contributed by atoms with van der Waals surface area (Å²) in [5.74, 6) is -3.23. The highest BCUT2D eigenvalue weighted by molar-refractivity contribution is 6.37. The Labute approximate surface area is 416 Å². The fraction of sp³-hybridized carbons (Fsp3) is 0.234. The average Bonchev–Trinajstić information content (AvgIpc) is 3.30. The molecule has 0 aliphatic rings. The molecule has 5 aromatic rings. The van der Waals surface area contributed by atoms with Crippen LogP contribution in [0.25, 0.3) is 0 Å². The van der Waals surface area contributed by atoms with Gasteiger partial charge in [0.25, 0.3) is 23.6 Å². The van der Waals surface area contributed by atoms with Gasteiger partial charge in [-0.15, -0.1) is 34.8 Å². The zero-order chi connectivity index (χ0) is 49.5. The third-order valence-corrected chi connectivity index (χ3v) is 11.3. The molecule has 0 aliphatic heterocycles. The molecule has 0 saturated carbocycles. The molecule has 0 aliphatic carbocycles. The molecule has 4 N–H and O–H groups in total. The Balaban J connectivity index is 1.27. The van der Waals surface area contributed by atoms with E-state index in [0.29, 0.717) is 52.8 Å². The molecule has 68 heavy (non-hydrogen) atoms. The van der Waals surface area contributed by atoms with Crippen molar-refractivity contribution >= 4 is 127 Å². The van der Waals surface area contributed by atoms with E-state index in [2.05, 4.69) is 41.7 Å². The SMILES string of the molecule is CCOc1cccc(NC(=O)c2cccc(N=NC(C(C)=O)C(=O)Nc3ccc(NC(=O)C(N=Nc4cccc(C(=O)Nc5cccc(OCC)c5CCl)c4Cl)C(C)=O)c(CCl)c3)c2Cl)c1CCl. The topological polar surface area (TPSA) is 218 Å². The van der Waals surface area contributed by atoms with E-state index in [0.717, 1.165) is 13.8 Å². The number of ether oxygens (including phenoxy) is 2. The van der Waals surface area contributed by atoms with Gasteiger partial charge in [-0.1, -0.05) is 47.5 Å². The minimum Gasteiger partial charge on any atom is -0.493 e. The van der Waals surface area contributed by atoms with Gasteiger partial charge >= 0.3 is 0 Å². The van der Waals surface area contributed by atoms with Gasteiger partial charge in [0.15, 0.2) is 11.6 Å². The number of ketones is 2. The molecule has 4 amide bonds. The van der Waals surface area contributed by atoms with Crippen LogP contribution >= 0.6 is 58.0 Å². The number of rotatable bonds is 21. The molecule has 5 aromatic carbocycles. The van der Waals surface area contributed by atoms with Crippen LogP contribution in [0.1, 0.15) is 65.1 Å². The Bertz CT molecular complexity index is 2790. The number of anilines is 4. The van der Waals surface area contributed by atoms with Crippen LogP contribution in [0.3, 0.4) is 0 Å². The number of halogens is 5. The van der Waals surface area contributed by atoms with Crippen molar-refractivity contribution in [3.63, 3.8) is 0 Å². The number of carbonyl (C=O) groups excluding carboxylic acids is 6. The molecule has 0 fully saturated rings. The Morgan fingerprint density at radius 1 is 0.544 bits per heavy atom. The third-order valence-electron chi connectivity index (χ3n) is 9.68. The normalized spacial score (nSPS) is 12.0. The molecule has 0 bridgehead atoms. The largest absolute Gasteiger partial charge is 0.493 e. The van der Waals surface area contributed by atoms with Crippen LogP contribution in [0.4, 0.5) is 34.1 Å². The minimum atomic E-state index is -1.65. The molecule has 5 rings (SSSR count). The molecule has 0 radical (unpaired) electrons. The number of nitrogens with zero attached hydrogens (tertiary/aromatic N) is 4. The van der Waals surface area contributed by atoms with E-state index < -0.39 is 47.3 Å². The van der Waals surface area contributed by atoms with Crippen molar-refractivity contribution in [3.05, 3.63) is 129 Å². The fourth-order valence-corrected chi connectivity index (χ4v) is 7.61. The Hall–Kier alpha value is -6.43. The summed E-state index contributed by atoms with van der Waals surface area (Å²) >= 11 is 31.7. The molecular weight excluding hydrogens is 982 g/mol. The Morgan fingerprint density at radius 2 is 0.985 bits per heavy atom. The highest BCUT2D eigenvalue weighted by Crippen LogP contribution is 2.35. The van der Waals surface area contributed by atoms with Gasteiger partial charge in [-0.05, 0) is 100.0 Å². The standard InChI is InChI=1S/C47H43Cl5N8O8/c1-5-67-38-17-9-13-34(31(38)23-49)55-44(63)29-11-7-15-36(40(29)51)57-59-42(25(3)61)46(65)53-28-19-20-33(27(21-28)22-48)54-47(66)43(26(4)62)60-58-37-16-8-12-30(41(37)52)45(64)56-35-14-10-18-39(68-6-2)32(35)24-50/h7-21,42-43H,5-6,22-24H2,1-4H3,(H,53,65)(H,54,66)(H,55,63)(H,56,64). The van der Waals surface area contributed by atoms with Crippen molar-refractivity contribution in [2.45, 2.75) is 57.4 Å². The van der Waals surface area contributed by atoms with Crippen LogP contribution in [0.15, 0.2) is 111 Å². The first-order valence-electron chi connectivity index (χ1n) is 20.6. The highest BCUT2D eigenvalue weighted by atomic mass is 35.5. The Morgan fingerprint density at radius 3 is 1.40 bits per heavy atom. The predicted octanol–water partition coefficient (Wildman–Crippen LogP) is 11.9. The smallest absolute Gasteiger partial charge is 0.258 e. The number of nitrogens with one attached hydrogen (secondary N) is 4. The quantitative estimate of drug-likeness (QED) is 0.0314. The van der Waals surface area contributed by atoms with Gasteiger partial charge in [-0.2, -0.15) is 20.5 Å². The van der Waals surface area contributed by atoms with Gasteiger partial charge in [-0.3, -0.25) is 28.8 Å². The summed E-state index contributed by atoms with van der Waals surface area (Å²) in [4.78, 5) is 78.9. The maximum absolute atomic E-state index is 13.5. The van der Waals surface area contributed by atoms with Gasteiger partial charge in [0.05, 0.1) is 46.1 Å². The van der Waals surface area contributed by atoms with Gasteiger partial charge in [0.2, 0.25) is 12.1 Å². The molecule has 2 atom stereocenters. The number of hydrogen-bond donors (Lipinski definition) is 4. The van der Waals surface area contributed by atoms with Crippen molar-refractivity contribution in [1.29, 1.82) is 0 Å². The summed E-state index contributed by atoms with van der Waals surface area (Å²) in [6.07, 6.45) is 0. The van der Waals surface area contributed by atoms with Gasteiger partial charge in [0, 0.05) is 39.8 Å². The zero-order valence-corrected chi connectivity index (χ0v) is 40.6. The van der Waals surface area contributed by atoms with Gasteiger partial charge in [0.1, 0.15) is 22.9 Å². The first kappa shape index (κ1) is 52.5. The van der Waals surface area contributed by atoms with E-state index in [9.17, 15) is 28.8 Å². The molecular formula is C47H43Cl5N8O8. The van der Waals surface area contributed by atoms with Crippen LogP contribution in [0.5, 0.6) is 11.5 Å². The zero-order valence-electron chi connectivity index (χ0n) is 36.8. The van der Waals surface area contributed by atoms with Crippen molar-refractivity contribution in [1.82, 2.24) is 0 Å². The molecule has 2 unspecified atom stereocenters. The van der Waals surface area contributed by atoms with Crippen LogP contribution in [0, 0.1) is 0 Å². The summed E-state index contributed by atoms with van der Waals surface area (Å²) in [5, 5.41) is 26.6. The maximum Gasteiger partial charge on any atom is 0.258 e. The number of amides is 4. The summed E-state index contributed by atoms with van der Waals surface area (Å²) < 4.78 is 11.2. The van der Waals surface area contributed by atoms with E-state index >= 15 is 0 Å². The monoisotopic (exact) mass is 1020 g/mol. The van der Waals surface area contributed by atoms with E-state index in [1.807, 2.05) is 13.8 Å². The maximum atomic E-state index is 13.5. The predicted molar refractivity (Wildman–Crippen MR) is 264 cm³/mol. The second-order valence-electron chi connectivity index (χ2n) is 14.3. The van der Waals surface area contributed by atoms with E-state index in [-0.39, 0.29) is 61.6 Å². The van der Waals surface area contributed by atoms with Crippen LogP contribution in [0.2, 0.25) is 10.0 Å². The number of alkyl halides is 3. The number of carbonyl (C=O) groups is 6. The first-order valence-corrected chi connectivity index (χ1v) is 23.0. The number of Topliss-reactive ketones (excluding diaryl/α,β-unsaturated/α-hetero) is 2. The number of benzene rings is 5. The second kappa shape index (κ2) is 25.1. The Kier molecular flexibility index (Phi) is 19.4. The second-order valence-corrected chi connectivity index (χ2v) is 15.9. The minimum absolute atomic E-state index is 0.00490. The number of hydrogen-bond acceptors (Lipinski definition) is 12. The molecule has 0 spiro atoms. The van der Waals surface area contributed by atoms with Crippen molar-refractivity contribution < 1.29 is 38.2 Å². The van der Waals surface area contributed by atoms with Crippen molar-refractivity contribution in [3.8, 4) is 11.5 Å². The van der Waals surface area contributed by atoms with Crippen molar-refractivity contribution in [2.24, 2.45) is 20.5 Å². The number of azo groups is 2. The van der Waals surface area contributed by atoms with Gasteiger partial charge in [-0.25, -0.2) is 0 Å². The molecule has 16 nitrogen and oxygen atoms in total. The molecule has 354 valence electrons. The lowest BCUT2D eigenvalue weighted by Gasteiger charge is -2.15. The van der Waals surface area contributed by atoms with Crippen LogP contribution in [-0.4, -0.2) is 60.5 Å². The third kappa shape index (κ3) is 13.2. The summed E-state index contributed by atoms with van der Waals surface area (Å²) in [7, 11) is 0. The molecule has 0 heterocycles. The van der Waals surface area contributed by atoms with Crippen LogP contribution in [-0.2, 0) is 36.8 Å². The summed E-state index contributed by atoms with van der Waals surface area (Å²) in [6, 6.07) is 20.0. The van der Waals surface area contributed by atoms with Gasteiger partial charge < -0.3 is 30.7 Å². The van der Waals surface area contributed by atoms with E-state index in [1.54, 1.807) is 36.4 Å². The molecule has 0 aromatic heterocycles. The van der Waals surface area contributed by atoms with E-state index in [1.165, 1.54) is 54.6 Å². The first-order chi connectivity index (χ1) is 32.6. The lowest BCUT2D eigenvalue weighted by molar-refractivity contribution is -0.127. The van der Waals surface area contributed by atoms with E-state index in [4.69, 9.17) is 67.5 Å². The summed E-state index contributed by atoms with van der Waals surface area (Å²) in [6.45, 7) is 6.73. The van der Waals surface area contributed by atoms with Crippen molar-refractivity contribution in [2.75, 3.05) is 34.5 Å². The lowest BCUT2D eigenvalue weighted by atomic mass is 10.1. The molecule has 0 saturated heterocycles.